The average molecular weight is 754 g/mol. The number of piperidine rings is 1. The monoisotopic (exact) mass is 753 g/mol. The molecule has 4 amide bonds. The summed E-state index contributed by atoms with van der Waals surface area (Å²) < 4.78 is 5.70. The molecule has 298 valence electrons. The summed E-state index contributed by atoms with van der Waals surface area (Å²) in [6, 6.07) is 6.49. The van der Waals surface area contributed by atoms with E-state index in [1.54, 1.807) is 19.0 Å². The van der Waals surface area contributed by atoms with Gasteiger partial charge in [-0.15, -0.1) is 0 Å². The smallest absolute Gasteiger partial charge is 0.228 e. The number of carbonyl (C=O) groups is 4. The third-order valence-corrected chi connectivity index (χ3v) is 15.6. The maximum atomic E-state index is 15.1. The molecule has 1 aromatic heterocycles. The zero-order valence-electron chi connectivity index (χ0n) is 33.3. The predicted octanol–water partition coefficient (Wildman–Crippen LogP) is 5.96. The SMILES string of the molecule is CN(C)C(=O)CCc1ccc2c3c([nH]c2c1)[C@]1(CCC2CCCC2)[C@@H](C(=O)N2CCOCC2)C[C@H](CC(=O)NCC24CC5CC(CC(C5)C2)C4)C(=O)N1CC3. The number of morpholine rings is 1. The second kappa shape index (κ2) is 14.8. The van der Waals surface area contributed by atoms with Gasteiger partial charge in [-0.3, -0.25) is 19.2 Å². The summed E-state index contributed by atoms with van der Waals surface area (Å²) in [6.07, 6.45) is 16.7. The second-order valence-electron chi connectivity index (χ2n) is 19.3. The molecule has 2 N–H and O–H groups in total. The van der Waals surface area contributed by atoms with Crippen LogP contribution in [0.3, 0.4) is 0 Å². The summed E-state index contributed by atoms with van der Waals surface area (Å²) in [6.45, 7) is 3.40. The number of benzene rings is 1. The van der Waals surface area contributed by atoms with E-state index in [4.69, 9.17) is 4.74 Å². The molecule has 2 saturated heterocycles. The Morgan fingerprint density at radius 1 is 0.964 bits per heavy atom. The van der Waals surface area contributed by atoms with Crippen LogP contribution in [0.1, 0.15) is 113 Å². The fraction of sp³-hybridized carbons (Fsp3) is 0.733. The van der Waals surface area contributed by atoms with Gasteiger partial charge >= 0.3 is 0 Å². The van der Waals surface area contributed by atoms with Gasteiger partial charge in [-0.2, -0.15) is 0 Å². The van der Waals surface area contributed by atoms with Crippen LogP contribution in [0.5, 0.6) is 0 Å². The summed E-state index contributed by atoms with van der Waals surface area (Å²) in [4.78, 5) is 66.0. The largest absolute Gasteiger partial charge is 0.378 e. The molecule has 7 fully saturated rings. The number of ether oxygens (including phenoxy) is 1. The van der Waals surface area contributed by atoms with Gasteiger partial charge in [0.2, 0.25) is 23.6 Å². The average Bonchev–Trinajstić information content (AvgIpc) is 3.84. The number of hydrogen-bond acceptors (Lipinski definition) is 5. The summed E-state index contributed by atoms with van der Waals surface area (Å²) >= 11 is 0. The Morgan fingerprint density at radius 3 is 2.36 bits per heavy atom. The summed E-state index contributed by atoms with van der Waals surface area (Å²) in [5.41, 5.74) is 3.77. The number of aromatic amines is 1. The maximum Gasteiger partial charge on any atom is 0.228 e. The molecular weight excluding hydrogens is 691 g/mol. The molecule has 1 aromatic carbocycles. The quantitative estimate of drug-likeness (QED) is 0.294. The molecule has 4 bridgehead atoms. The molecule has 5 aliphatic carbocycles. The molecule has 10 rings (SSSR count). The van der Waals surface area contributed by atoms with E-state index in [-0.39, 0.29) is 35.5 Å². The molecule has 10 heteroatoms. The van der Waals surface area contributed by atoms with Gasteiger partial charge in [-0.25, -0.2) is 0 Å². The number of H-pyrrole nitrogens is 1. The van der Waals surface area contributed by atoms with Crippen LogP contribution in [-0.4, -0.2) is 96.8 Å². The van der Waals surface area contributed by atoms with Crippen LogP contribution in [0.2, 0.25) is 0 Å². The standard InChI is InChI=1S/C45H63N5O5/c1-48(2)40(52)10-8-30-7-9-35-36-12-14-50-42(53)34(24-39(51)46-28-44-25-31-19-32(26-44)21-33(20-31)27-44)23-37(43(54)49-15-17-55-18-16-49)45(50,41(36)47-38(35)22-30)13-11-29-5-3-4-6-29/h7,9,22,29,31-34,37,47H,3-6,8,10-21,23-28H2,1-2H3,(H,46,51)/t31?,32?,33?,34-,37-,44?,45+/m1/s1. The maximum absolute atomic E-state index is 15.1. The predicted molar refractivity (Wildman–Crippen MR) is 211 cm³/mol. The van der Waals surface area contributed by atoms with Crippen LogP contribution in [0, 0.1) is 40.9 Å². The second-order valence-corrected chi connectivity index (χ2v) is 19.3. The first-order valence-electron chi connectivity index (χ1n) is 21.9. The van der Waals surface area contributed by atoms with Crippen molar-refractivity contribution < 1.29 is 23.9 Å². The van der Waals surface area contributed by atoms with E-state index in [0.717, 1.165) is 59.3 Å². The molecule has 10 nitrogen and oxygen atoms in total. The van der Waals surface area contributed by atoms with Crippen molar-refractivity contribution in [3.8, 4) is 0 Å². The van der Waals surface area contributed by atoms with E-state index >= 15 is 9.59 Å². The first-order valence-corrected chi connectivity index (χ1v) is 21.9. The van der Waals surface area contributed by atoms with E-state index < -0.39 is 17.4 Å². The van der Waals surface area contributed by atoms with E-state index in [9.17, 15) is 9.59 Å². The third kappa shape index (κ3) is 6.90. The molecule has 2 aromatic rings. The Balaban J connectivity index is 1.04. The van der Waals surface area contributed by atoms with E-state index in [0.29, 0.717) is 64.4 Å². The third-order valence-electron chi connectivity index (χ3n) is 15.6. The molecule has 55 heavy (non-hydrogen) atoms. The number of rotatable bonds is 11. The summed E-state index contributed by atoms with van der Waals surface area (Å²) in [5, 5.41) is 4.52. The van der Waals surface area contributed by atoms with Crippen LogP contribution < -0.4 is 5.32 Å². The lowest BCUT2D eigenvalue weighted by Crippen LogP contribution is -2.66. The topological polar surface area (TPSA) is 115 Å². The molecule has 8 aliphatic rings. The Hall–Kier alpha value is -3.40. The molecule has 5 saturated carbocycles. The van der Waals surface area contributed by atoms with E-state index in [1.165, 1.54) is 69.8 Å². The van der Waals surface area contributed by atoms with Crippen LogP contribution in [0.15, 0.2) is 18.2 Å². The van der Waals surface area contributed by atoms with Gasteiger partial charge in [0.1, 0.15) is 0 Å². The minimum Gasteiger partial charge on any atom is -0.378 e. The number of hydrogen-bond donors (Lipinski definition) is 2. The number of nitrogens with one attached hydrogen (secondary N) is 2. The van der Waals surface area contributed by atoms with Crippen molar-refractivity contribution in [3.63, 3.8) is 0 Å². The Bertz CT molecular complexity index is 1770. The van der Waals surface area contributed by atoms with Gasteiger partial charge in [-0.05, 0) is 117 Å². The normalized spacial score (nSPS) is 32.8. The van der Waals surface area contributed by atoms with Crippen molar-refractivity contribution in [3.05, 3.63) is 35.0 Å². The summed E-state index contributed by atoms with van der Waals surface area (Å²) in [5.74, 6) is 2.26. The Morgan fingerprint density at radius 2 is 1.67 bits per heavy atom. The fourth-order valence-electron chi connectivity index (χ4n) is 13.3. The number of aryl methyl sites for hydroxylation is 1. The van der Waals surface area contributed by atoms with Crippen molar-refractivity contribution >= 4 is 34.5 Å². The molecular formula is C45H63N5O5. The van der Waals surface area contributed by atoms with Crippen molar-refractivity contribution in [1.29, 1.82) is 0 Å². The van der Waals surface area contributed by atoms with Crippen molar-refractivity contribution in [2.75, 3.05) is 53.5 Å². The van der Waals surface area contributed by atoms with Gasteiger partial charge in [0.25, 0.3) is 0 Å². The van der Waals surface area contributed by atoms with Crippen molar-refractivity contribution in [1.82, 2.24) is 25.0 Å². The van der Waals surface area contributed by atoms with Crippen LogP contribution in [0.25, 0.3) is 10.9 Å². The van der Waals surface area contributed by atoms with Crippen LogP contribution in [0.4, 0.5) is 0 Å². The minimum atomic E-state index is -0.811. The molecule has 4 heterocycles. The Kier molecular flexibility index (Phi) is 10.0. The molecule has 3 atom stereocenters. The Labute approximate surface area is 326 Å². The highest BCUT2D eigenvalue weighted by Crippen LogP contribution is 2.60. The zero-order chi connectivity index (χ0) is 37.9. The highest BCUT2D eigenvalue weighted by Gasteiger charge is 2.60. The van der Waals surface area contributed by atoms with E-state index in [1.807, 2.05) is 4.90 Å². The highest BCUT2D eigenvalue weighted by atomic mass is 16.5. The van der Waals surface area contributed by atoms with Gasteiger partial charge < -0.3 is 29.7 Å². The lowest BCUT2D eigenvalue weighted by Gasteiger charge is -2.57. The lowest BCUT2D eigenvalue weighted by atomic mass is 9.49. The number of amides is 4. The molecule has 3 aliphatic heterocycles. The van der Waals surface area contributed by atoms with Crippen molar-refractivity contribution in [2.45, 2.75) is 115 Å². The van der Waals surface area contributed by atoms with Gasteiger partial charge in [-0.1, -0.05) is 37.8 Å². The lowest BCUT2D eigenvalue weighted by molar-refractivity contribution is -0.169. The van der Waals surface area contributed by atoms with Crippen molar-refractivity contribution in [2.24, 2.45) is 40.9 Å². The number of nitrogens with zero attached hydrogens (tertiary/aromatic N) is 3. The minimum absolute atomic E-state index is 0.0336. The highest BCUT2D eigenvalue weighted by molar-refractivity contribution is 5.93. The zero-order valence-corrected chi connectivity index (χ0v) is 33.3. The van der Waals surface area contributed by atoms with E-state index in [2.05, 4.69) is 33.4 Å². The first-order chi connectivity index (χ1) is 26.6. The summed E-state index contributed by atoms with van der Waals surface area (Å²) in [7, 11) is 3.59. The number of carbonyl (C=O) groups excluding carboxylic acids is 4. The van der Waals surface area contributed by atoms with Crippen LogP contribution >= 0.6 is 0 Å². The molecule has 0 radical (unpaired) electrons. The molecule has 0 spiro atoms. The van der Waals surface area contributed by atoms with Crippen LogP contribution in [-0.2, 0) is 42.3 Å². The number of fused-ring (bicyclic) bond motifs is 5. The van der Waals surface area contributed by atoms with Gasteiger partial charge in [0.05, 0.1) is 24.7 Å². The first kappa shape index (κ1) is 37.2. The van der Waals surface area contributed by atoms with Gasteiger partial charge in [0, 0.05) is 75.6 Å². The number of aromatic nitrogens is 1. The molecule has 0 unspecified atom stereocenters. The fourth-order valence-corrected chi connectivity index (χ4v) is 13.3. The van der Waals surface area contributed by atoms with Gasteiger partial charge in [0.15, 0.2) is 0 Å².